The van der Waals surface area contributed by atoms with Crippen molar-refractivity contribution in [3.63, 3.8) is 0 Å². The minimum atomic E-state index is -0.798. The molecule has 1 aromatic rings. The van der Waals surface area contributed by atoms with E-state index in [4.69, 9.17) is 5.11 Å². The molecule has 0 amide bonds. The van der Waals surface area contributed by atoms with Crippen LogP contribution in [0.25, 0.3) is 0 Å². The van der Waals surface area contributed by atoms with E-state index in [0.717, 1.165) is 5.82 Å². The van der Waals surface area contributed by atoms with Gasteiger partial charge in [-0.25, -0.2) is 0 Å². The van der Waals surface area contributed by atoms with Crippen LogP contribution < -0.4 is 5.32 Å². The van der Waals surface area contributed by atoms with Gasteiger partial charge in [-0.2, -0.15) is 0 Å². The van der Waals surface area contributed by atoms with E-state index in [-0.39, 0.29) is 6.04 Å². The quantitative estimate of drug-likeness (QED) is 0.728. The van der Waals surface area contributed by atoms with Gasteiger partial charge >= 0.3 is 5.97 Å². The molecule has 6 heteroatoms. The molecule has 0 bridgehead atoms. The van der Waals surface area contributed by atoms with Crippen LogP contribution in [0.1, 0.15) is 25.7 Å². The molecule has 2 unspecified atom stereocenters. The molecule has 0 aromatic carbocycles. The van der Waals surface area contributed by atoms with Gasteiger partial charge in [0.15, 0.2) is 0 Å². The van der Waals surface area contributed by atoms with E-state index in [1.165, 1.54) is 0 Å². The maximum Gasteiger partial charge on any atom is 0.307 e. The van der Waals surface area contributed by atoms with Crippen LogP contribution in [-0.4, -0.2) is 32.4 Å². The topological polar surface area (TPSA) is 80.0 Å². The molecule has 0 aliphatic heterocycles. The van der Waals surface area contributed by atoms with E-state index in [9.17, 15) is 4.79 Å². The first-order valence-electron chi connectivity index (χ1n) is 4.82. The van der Waals surface area contributed by atoms with Crippen molar-refractivity contribution in [2.45, 2.75) is 19.9 Å². The molecule has 2 N–H and O–H groups in total. The van der Waals surface area contributed by atoms with E-state index in [1.54, 1.807) is 13.3 Å². The molecule has 0 saturated carbocycles. The van der Waals surface area contributed by atoms with Crippen LogP contribution in [0.4, 0.5) is 0 Å². The van der Waals surface area contributed by atoms with Crippen molar-refractivity contribution in [2.75, 3.05) is 6.54 Å². The fourth-order valence-corrected chi connectivity index (χ4v) is 1.22. The molecule has 0 aliphatic rings. The summed E-state index contributed by atoms with van der Waals surface area (Å²) >= 11 is 0. The van der Waals surface area contributed by atoms with Gasteiger partial charge in [0, 0.05) is 13.6 Å². The van der Waals surface area contributed by atoms with Crippen molar-refractivity contribution in [1.82, 2.24) is 20.1 Å². The van der Waals surface area contributed by atoms with Gasteiger partial charge in [0.05, 0.1) is 12.0 Å². The van der Waals surface area contributed by atoms with Crippen molar-refractivity contribution in [3.8, 4) is 0 Å². The van der Waals surface area contributed by atoms with Crippen molar-refractivity contribution in [3.05, 3.63) is 12.2 Å². The second-order valence-electron chi connectivity index (χ2n) is 3.67. The van der Waals surface area contributed by atoms with Gasteiger partial charge in [-0.3, -0.25) is 4.79 Å². The minimum absolute atomic E-state index is 0.000648. The summed E-state index contributed by atoms with van der Waals surface area (Å²) in [4.78, 5) is 10.6. The molecule has 0 radical (unpaired) electrons. The highest BCUT2D eigenvalue weighted by Crippen LogP contribution is 2.07. The lowest BCUT2D eigenvalue weighted by Gasteiger charge is -2.14. The summed E-state index contributed by atoms with van der Waals surface area (Å²) in [6.45, 7) is 4.01. The lowest BCUT2D eigenvalue weighted by Crippen LogP contribution is -2.29. The molecule has 1 aromatic heterocycles. The average Bonchev–Trinajstić information content (AvgIpc) is 2.60. The summed E-state index contributed by atoms with van der Waals surface area (Å²) in [6.07, 6.45) is 1.62. The number of aliphatic carboxylic acids is 1. The maximum atomic E-state index is 10.6. The Bertz CT molecular complexity index is 337. The highest BCUT2D eigenvalue weighted by Gasteiger charge is 2.15. The molecule has 0 spiro atoms. The van der Waals surface area contributed by atoms with Crippen molar-refractivity contribution < 1.29 is 9.90 Å². The average molecular weight is 212 g/mol. The standard InChI is InChI=1S/C9H16N4O2/c1-6(9(14)15)4-10-7(2)8-12-11-5-13(8)3/h5-7,10H,4H2,1-3H3,(H,14,15). The van der Waals surface area contributed by atoms with E-state index in [0.29, 0.717) is 6.54 Å². The van der Waals surface area contributed by atoms with Gasteiger partial charge in [0.1, 0.15) is 12.2 Å². The van der Waals surface area contributed by atoms with Gasteiger partial charge in [-0.05, 0) is 6.92 Å². The summed E-state index contributed by atoms with van der Waals surface area (Å²) in [5.41, 5.74) is 0. The molecule has 15 heavy (non-hydrogen) atoms. The van der Waals surface area contributed by atoms with Crippen LogP contribution in [0.15, 0.2) is 6.33 Å². The monoisotopic (exact) mass is 212 g/mol. The zero-order valence-electron chi connectivity index (χ0n) is 9.14. The van der Waals surface area contributed by atoms with Crippen LogP contribution >= 0.6 is 0 Å². The van der Waals surface area contributed by atoms with Gasteiger partial charge in [-0.15, -0.1) is 10.2 Å². The zero-order valence-corrected chi connectivity index (χ0v) is 9.14. The summed E-state index contributed by atoms with van der Waals surface area (Å²) in [5, 5.41) is 19.5. The Morgan fingerprint density at radius 3 is 2.80 bits per heavy atom. The van der Waals surface area contributed by atoms with Crippen molar-refractivity contribution in [1.29, 1.82) is 0 Å². The highest BCUT2D eigenvalue weighted by atomic mass is 16.4. The second kappa shape index (κ2) is 4.88. The van der Waals surface area contributed by atoms with Crippen LogP contribution in [0.5, 0.6) is 0 Å². The number of nitrogens with one attached hydrogen (secondary N) is 1. The van der Waals surface area contributed by atoms with E-state index in [1.807, 2.05) is 18.5 Å². The molecule has 1 heterocycles. The normalized spacial score (nSPS) is 14.9. The Morgan fingerprint density at radius 2 is 2.33 bits per heavy atom. The number of hydrogen-bond donors (Lipinski definition) is 2. The predicted octanol–water partition coefficient (Wildman–Crippen LogP) is 0.186. The molecule has 0 fully saturated rings. The Morgan fingerprint density at radius 1 is 1.67 bits per heavy atom. The van der Waals surface area contributed by atoms with Crippen LogP contribution in [0.3, 0.4) is 0 Å². The molecular formula is C9H16N4O2. The number of rotatable bonds is 5. The number of hydrogen-bond acceptors (Lipinski definition) is 4. The third kappa shape index (κ3) is 3.02. The van der Waals surface area contributed by atoms with Crippen molar-refractivity contribution >= 4 is 5.97 Å². The number of carboxylic acid groups (broad SMARTS) is 1. The Labute approximate surface area is 88.3 Å². The van der Waals surface area contributed by atoms with E-state index < -0.39 is 11.9 Å². The number of carboxylic acids is 1. The van der Waals surface area contributed by atoms with E-state index in [2.05, 4.69) is 15.5 Å². The Hall–Kier alpha value is -1.43. The first-order valence-corrected chi connectivity index (χ1v) is 4.82. The summed E-state index contributed by atoms with van der Waals surface area (Å²) in [5.74, 6) is -0.402. The fraction of sp³-hybridized carbons (Fsp3) is 0.667. The smallest absolute Gasteiger partial charge is 0.307 e. The zero-order chi connectivity index (χ0) is 11.4. The van der Waals surface area contributed by atoms with Crippen LogP contribution in [0.2, 0.25) is 0 Å². The summed E-state index contributed by atoms with van der Waals surface area (Å²) in [6, 6.07) is -0.000648. The summed E-state index contributed by atoms with van der Waals surface area (Å²) in [7, 11) is 1.86. The molecule has 6 nitrogen and oxygen atoms in total. The molecule has 0 saturated heterocycles. The van der Waals surface area contributed by atoms with E-state index >= 15 is 0 Å². The van der Waals surface area contributed by atoms with Crippen molar-refractivity contribution in [2.24, 2.45) is 13.0 Å². The Kier molecular flexibility index (Phi) is 3.79. The Balaban J connectivity index is 2.47. The first-order chi connectivity index (χ1) is 7.02. The first kappa shape index (κ1) is 11.6. The van der Waals surface area contributed by atoms with Gasteiger partial charge in [0.2, 0.25) is 0 Å². The van der Waals surface area contributed by atoms with Gasteiger partial charge in [0.25, 0.3) is 0 Å². The largest absolute Gasteiger partial charge is 0.481 e. The number of nitrogens with zero attached hydrogens (tertiary/aromatic N) is 3. The number of aromatic nitrogens is 3. The van der Waals surface area contributed by atoms with Gasteiger partial charge in [-0.1, -0.05) is 6.92 Å². The van der Waals surface area contributed by atoms with Gasteiger partial charge < -0.3 is 15.0 Å². The maximum absolute atomic E-state index is 10.6. The SMILES string of the molecule is CC(CNC(C)c1nncn1C)C(=O)O. The third-order valence-corrected chi connectivity index (χ3v) is 2.29. The fourth-order valence-electron chi connectivity index (χ4n) is 1.22. The lowest BCUT2D eigenvalue weighted by molar-refractivity contribution is -0.140. The second-order valence-corrected chi connectivity index (χ2v) is 3.67. The molecule has 1 rings (SSSR count). The number of carbonyl (C=O) groups is 1. The third-order valence-electron chi connectivity index (χ3n) is 2.29. The number of aryl methyl sites for hydroxylation is 1. The molecule has 0 aliphatic carbocycles. The molecular weight excluding hydrogens is 196 g/mol. The molecule has 84 valence electrons. The van der Waals surface area contributed by atoms with Crippen LogP contribution in [-0.2, 0) is 11.8 Å². The summed E-state index contributed by atoms with van der Waals surface area (Å²) < 4.78 is 1.81. The van der Waals surface area contributed by atoms with Crippen LogP contribution in [0, 0.1) is 5.92 Å². The minimum Gasteiger partial charge on any atom is -0.481 e. The lowest BCUT2D eigenvalue weighted by atomic mass is 10.2. The highest BCUT2D eigenvalue weighted by molar-refractivity contribution is 5.69. The molecule has 2 atom stereocenters. The predicted molar refractivity (Wildman–Crippen MR) is 54.2 cm³/mol.